The number of carbonyl (C=O) groups is 4. The minimum absolute atomic E-state index is 0.107. The Balaban J connectivity index is 5.23. The van der Waals surface area contributed by atoms with Crippen molar-refractivity contribution in [1.82, 2.24) is 0 Å². The maximum atomic E-state index is 13.1. The predicted molar refractivity (Wildman–Crippen MR) is 428 cm³/mol. The van der Waals surface area contributed by atoms with Crippen molar-refractivity contribution in [2.24, 2.45) is 17.8 Å². The Hall–Kier alpha value is -1.94. The fourth-order valence-electron chi connectivity index (χ4n) is 13.2. The monoisotopic (exact) mass is 1520 g/mol. The molecule has 0 rings (SSSR count). The van der Waals surface area contributed by atoms with Crippen LogP contribution >= 0.6 is 15.6 Å². The molecule has 0 aromatic rings. The van der Waals surface area contributed by atoms with Crippen molar-refractivity contribution in [1.29, 1.82) is 0 Å². The zero-order chi connectivity index (χ0) is 76.5. The lowest BCUT2D eigenvalue weighted by atomic mass is 10.0. The molecule has 19 heteroatoms. The van der Waals surface area contributed by atoms with Crippen LogP contribution in [0.5, 0.6) is 0 Å². The van der Waals surface area contributed by atoms with Gasteiger partial charge in [-0.2, -0.15) is 0 Å². The number of phosphoric ester groups is 2. The Morgan fingerprint density at radius 2 is 0.442 bits per heavy atom. The van der Waals surface area contributed by atoms with Crippen molar-refractivity contribution in [3.05, 3.63) is 0 Å². The van der Waals surface area contributed by atoms with E-state index in [2.05, 4.69) is 48.5 Å². The lowest BCUT2D eigenvalue weighted by Gasteiger charge is -2.21. The van der Waals surface area contributed by atoms with Crippen LogP contribution in [0.2, 0.25) is 0 Å². The number of hydrogen-bond acceptors (Lipinski definition) is 15. The molecule has 0 aliphatic heterocycles. The minimum Gasteiger partial charge on any atom is -0.462 e. The van der Waals surface area contributed by atoms with Gasteiger partial charge in [0.25, 0.3) is 0 Å². The molecule has 618 valence electrons. The van der Waals surface area contributed by atoms with Crippen LogP contribution in [0.3, 0.4) is 0 Å². The first-order valence-electron chi connectivity index (χ1n) is 43.8. The third-order valence-corrected chi connectivity index (χ3v) is 21.8. The minimum atomic E-state index is -4.97. The summed E-state index contributed by atoms with van der Waals surface area (Å²) in [7, 11) is -9.93. The highest BCUT2D eigenvalue weighted by atomic mass is 31.2. The average Bonchev–Trinajstić information content (AvgIpc) is 0.906. The summed E-state index contributed by atoms with van der Waals surface area (Å²) in [6.45, 7) is 12.0. The molecule has 2 unspecified atom stereocenters. The summed E-state index contributed by atoms with van der Waals surface area (Å²) < 4.78 is 68.9. The second-order valence-electron chi connectivity index (χ2n) is 32.0. The molecule has 0 radical (unpaired) electrons. The first-order chi connectivity index (χ1) is 50.2. The third kappa shape index (κ3) is 78.2. The molecule has 0 aliphatic rings. The van der Waals surface area contributed by atoms with Gasteiger partial charge in [0.05, 0.1) is 26.4 Å². The molecule has 3 N–H and O–H groups in total. The van der Waals surface area contributed by atoms with E-state index in [0.717, 1.165) is 108 Å². The molecule has 0 heterocycles. The van der Waals surface area contributed by atoms with Crippen LogP contribution in [0, 0.1) is 17.8 Å². The molecule has 0 fully saturated rings. The maximum absolute atomic E-state index is 13.1. The second-order valence-corrected chi connectivity index (χ2v) is 34.9. The lowest BCUT2D eigenvalue weighted by molar-refractivity contribution is -0.161. The highest BCUT2D eigenvalue weighted by Crippen LogP contribution is 2.45. The fraction of sp³-hybridized carbons (Fsp3) is 0.953. The Labute approximate surface area is 638 Å². The fourth-order valence-corrected chi connectivity index (χ4v) is 14.8. The van der Waals surface area contributed by atoms with Crippen LogP contribution < -0.4 is 0 Å². The van der Waals surface area contributed by atoms with Crippen molar-refractivity contribution in [3.8, 4) is 0 Å². The number of aliphatic hydroxyl groups excluding tert-OH is 1. The van der Waals surface area contributed by atoms with E-state index in [1.165, 1.54) is 257 Å². The Morgan fingerprint density at radius 3 is 0.654 bits per heavy atom. The van der Waals surface area contributed by atoms with Crippen LogP contribution in [-0.2, 0) is 65.4 Å². The largest absolute Gasteiger partial charge is 0.472 e. The number of ether oxygens (including phenoxy) is 4. The molecule has 0 saturated carbocycles. The molecule has 17 nitrogen and oxygen atoms in total. The number of hydrogen-bond donors (Lipinski definition) is 3. The third-order valence-electron chi connectivity index (χ3n) is 19.9. The smallest absolute Gasteiger partial charge is 0.462 e. The van der Waals surface area contributed by atoms with E-state index in [4.69, 9.17) is 37.0 Å². The van der Waals surface area contributed by atoms with Gasteiger partial charge >= 0.3 is 39.5 Å². The van der Waals surface area contributed by atoms with Crippen molar-refractivity contribution in [3.63, 3.8) is 0 Å². The van der Waals surface area contributed by atoms with Gasteiger partial charge in [0.15, 0.2) is 12.2 Å². The van der Waals surface area contributed by atoms with Crippen LogP contribution in [-0.4, -0.2) is 96.7 Å². The molecular weight excluding hydrogens is 1350 g/mol. The zero-order valence-corrected chi connectivity index (χ0v) is 70.3. The maximum Gasteiger partial charge on any atom is 0.472 e. The Bertz CT molecular complexity index is 2010. The lowest BCUT2D eigenvalue weighted by Crippen LogP contribution is -2.30. The van der Waals surface area contributed by atoms with Crippen LogP contribution in [0.15, 0.2) is 0 Å². The van der Waals surface area contributed by atoms with Gasteiger partial charge in [-0.05, 0) is 43.4 Å². The molecule has 0 amide bonds. The number of esters is 4. The molecule has 0 aliphatic carbocycles. The Kier molecular flexibility index (Phi) is 73.7. The summed E-state index contributed by atoms with van der Waals surface area (Å²) in [6, 6.07) is 0. The van der Waals surface area contributed by atoms with Crippen LogP contribution in [0.4, 0.5) is 0 Å². The van der Waals surface area contributed by atoms with E-state index in [1.807, 2.05) is 0 Å². The average molecular weight is 1520 g/mol. The molecule has 0 bridgehead atoms. The normalized spacial score (nSPS) is 13.9. The standard InChI is InChI=1S/C85H166O17P2/c1-8-9-10-11-12-13-38-45-52-59-66-82(87)95-72-80(101-85(90)69-62-55-48-41-34-28-22-25-31-37-44-51-58-65-78(6)7)74-99-103(91,92)97-70-79(86)71-98-104(93,94)100-75-81(102-84(89)68-61-54-47-40-33-27-21-17-15-19-24-30-36-43-50-57-64-77(4)5)73-96-83(88)67-60-53-46-39-32-26-20-16-14-18-23-29-35-42-49-56-63-76(2)3/h76-81,86H,8-75H2,1-7H3,(H,91,92)(H,93,94)/t79-,80+,81+/m0/s1. The summed E-state index contributed by atoms with van der Waals surface area (Å²) in [4.78, 5) is 73.2. The Morgan fingerprint density at radius 1 is 0.260 bits per heavy atom. The summed E-state index contributed by atoms with van der Waals surface area (Å²) in [5, 5.41) is 10.7. The van der Waals surface area contributed by atoms with Gasteiger partial charge in [-0.15, -0.1) is 0 Å². The molecule has 0 aromatic heterocycles. The highest BCUT2D eigenvalue weighted by molar-refractivity contribution is 7.47. The molecular formula is C85H166O17P2. The van der Waals surface area contributed by atoms with Gasteiger partial charge in [0.1, 0.15) is 19.3 Å². The van der Waals surface area contributed by atoms with E-state index >= 15 is 0 Å². The highest BCUT2D eigenvalue weighted by Gasteiger charge is 2.30. The van der Waals surface area contributed by atoms with Crippen molar-refractivity contribution in [2.45, 2.75) is 465 Å². The number of unbranched alkanes of at least 4 members (excludes halogenated alkanes) is 51. The van der Waals surface area contributed by atoms with Gasteiger partial charge in [0.2, 0.25) is 0 Å². The number of rotatable bonds is 83. The first kappa shape index (κ1) is 102. The van der Waals surface area contributed by atoms with Gasteiger partial charge < -0.3 is 33.8 Å². The number of aliphatic hydroxyl groups is 1. The van der Waals surface area contributed by atoms with E-state index in [-0.39, 0.29) is 25.7 Å². The molecule has 5 atom stereocenters. The van der Waals surface area contributed by atoms with Crippen molar-refractivity contribution < 1.29 is 80.2 Å². The first-order valence-corrected chi connectivity index (χ1v) is 46.8. The van der Waals surface area contributed by atoms with Gasteiger partial charge in [-0.1, -0.05) is 395 Å². The summed E-state index contributed by atoms with van der Waals surface area (Å²) in [5.41, 5.74) is 0. The topological polar surface area (TPSA) is 237 Å². The number of carbonyl (C=O) groups excluding carboxylic acids is 4. The zero-order valence-electron chi connectivity index (χ0n) is 68.5. The van der Waals surface area contributed by atoms with Crippen LogP contribution in [0.1, 0.15) is 447 Å². The summed E-state index contributed by atoms with van der Waals surface area (Å²) in [6.07, 6.45) is 65.2. The van der Waals surface area contributed by atoms with Gasteiger partial charge in [-0.25, -0.2) is 9.13 Å². The summed E-state index contributed by atoms with van der Waals surface area (Å²) >= 11 is 0. The SMILES string of the molecule is CCCCCCCCCCCCC(=O)OC[C@H](COP(=O)(O)OC[C@H](O)COP(=O)(O)OC[C@@H](COC(=O)CCCCCCCCCCCCCCCCCCC(C)C)OC(=O)CCCCCCCCCCCCCCCCCCC(C)C)OC(=O)CCCCCCCCCCCCCCCC(C)C. The van der Waals surface area contributed by atoms with Crippen LogP contribution in [0.25, 0.3) is 0 Å². The van der Waals surface area contributed by atoms with E-state index in [1.54, 1.807) is 0 Å². The quantitative estimate of drug-likeness (QED) is 0.0222. The van der Waals surface area contributed by atoms with Crippen molar-refractivity contribution >= 4 is 39.5 Å². The predicted octanol–water partition coefficient (Wildman–Crippen LogP) is 25.7. The van der Waals surface area contributed by atoms with E-state index in [0.29, 0.717) is 25.7 Å². The summed E-state index contributed by atoms with van der Waals surface area (Å²) in [5.74, 6) is 0.304. The van der Waals surface area contributed by atoms with Gasteiger partial charge in [-0.3, -0.25) is 37.3 Å². The molecule has 0 saturated heterocycles. The molecule has 0 aromatic carbocycles. The van der Waals surface area contributed by atoms with Gasteiger partial charge in [0, 0.05) is 25.7 Å². The van der Waals surface area contributed by atoms with E-state index in [9.17, 15) is 43.2 Å². The number of phosphoric acid groups is 2. The van der Waals surface area contributed by atoms with Crippen molar-refractivity contribution in [2.75, 3.05) is 39.6 Å². The van der Waals surface area contributed by atoms with E-state index < -0.39 is 97.5 Å². The molecule has 0 spiro atoms. The second kappa shape index (κ2) is 75.1. The molecule has 104 heavy (non-hydrogen) atoms.